The third kappa shape index (κ3) is 1.78. The summed E-state index contributed by atoms with van der Waals surface area (Å²) < 4.78 is 0. The van der Waals surface area contributed by atoms with E-state index in [2.05, 4.69) is 10.6 Å². The molecule has 4 nitrogen and oxygen atoms in total. The van der Waals surface area contributed by atoms with Gasteiger partial charge in [0.2, 0.25) is 0 Å². The lowest BCUT2D eigenvalue weighted by molar-refractivity contribution is 0.0935. The van der Waals surface area contributed by atoms with Crippen LogP contribution in [-0.2, 0) is 0 Å². The maximum absolute atomic E-state index is 11.9. The van der Waals surface area contributed by atoms with E-state index in [1.807, 2.05) is 24.3 Å². The number of phenols is 1. The van der Waals surface area contributed by atoms with Crippen LogP contribution in [0.15, 0.2) is 48.5 Å². The molecular weight excluding hydrogens is 228 g/mol. The SMILES string of the molecule is O=C1N[C@@H](c2cccc(O)c2)Nc2ccccc21. The predicted molar refractivity (Wildman–Crippen MR) is 68.4 cm³/mol. The lowest BCUT2D eigenvalue weighted by Gasteiger charge is -2.28. The van der Waals surface area contributed by atoms with Gasteiger partial charge in [0.15, 0.2) is 0 Å². The molecule has 0 aliphatic carbocycles. The molecule has 0 bridgehead atoms. The topological polar surface area (TPSA) is 61.4 Å². The van der Waals surface area contributed by atoms with Crippen molar-refractivity contribution in [3.05, 3.63) is 59.7 Å². The molecule has 90 valence electrons. The number of aromatic hydroxyl groups is 1. The molecule has 0 radical (unpaired) electrons. The van der Waals surface area contributed by atoms with Crippen molar-refractivity contribution in [2.45, 2.75) is 6.17 Å². The first-order valence-corrected chi connectivity index (χ1v) is 5.69. The number of carbonyl (C=O) groups excluding carboxylic acids is 1. The first-order chi connectivity index (χ1) is 8.74. The molecule has 0 fully saturated rings. The standard InChI is InChI=1S/C14H12N2O2/c17-10-5-3-4-9(8-10)13-15-12-7-2-1-6-11(12)14(18)16-13/h1-8,13,15,17H,(H,16,18)/t13-/m0/s1. The van der Waals surface area contributed by atoms with E-state index in [9.17, 15) is 9.90 Å². The van der Waals surface area contributed by atoms with E-state index in [1.165, 1.54) is 0 Å². The Hall–Kier alpha value is -2.49. The molecule has 0 saturated carbocycles. The third-order valence-electron chi connectivity index (χ3n) is 2.95. The van der Waals surface area contributed by atoms with Crippen LogP contribution in [0.4, 0.5) is 5.69 Å². The van der Waals surface area contributed by atoms with Gasteiger partial charge in [-0.2, -0.15) is 0 Å². The van der Waals surface area contributed by atoms with E-state index < -0.39 is 0 Å². The van der Waals surface area contributed by atoms with Crippen LogP contribution in [0.1, 0.15) is 22.1 Å². The van der Waals surface area contributed by atoms with Gasteiger partial charge in [-0.25, -0.2) is 0 Å². The van der Waals surface area contributed by atoms with E-state index in [0.29, 0.717) is 5.56 Å². The Morgan fingerprint density at radius 2 is 1.83 bits per heavy atom. The molecule has 3 rings (SSSR count). The number of phenolic OH excluding ortho intramolecular Hbond substituents is 1. The number of hydrogen-bond donors (Lipinski definition) is 3. The number of amides is 1. The molecule has 1 atom stereocenters. The van der Waals surface area contributed by atoms with Gasteiger partial charge in [-0.3, -0.25) is 4.79 Å². The molecule has 1 aliphatic rings. The molecule has 18 heavy (non-hydrogen) atoms. The van der Waals surface area contributed by atoms with Crippen molar-refractivity contribution in [2.75, 3.05) is 5.32 Å². The maximum Gasteiger partial charge on any atom is 0.255 e. The van der Waals surface area contributed by atoms with Crippen LogP contribution in [0.25, 0.3) is 0 Å². The van der Waals surface area contributed by atoms with Gasteiger partial charge in [-0.05, 0) is 29.8 Å². The summed E-state index contributed by atoms with van der Waals surface area (Å²) in [7, 11) is 0. The number of hydrogen-bond acceptors (Lipinski definition) is 3. The van der Waals surface area contributed by atoms with Crippen molar-refractivity contribution in [3.8, 4) is 5.75 Å². The summed E-state index contributed by atoms with van der Waals surface area (Å²) >= 11 is 0. The number of fused-ring (bicyclic) bond motifs is 1. The first-order valence-electron chi connectivity index (χ1n) is 5.69. The second-order valence-corrected chi connectivity index (χ2v) is 4.19. The summed E-state index contributed by atoms with van der Waals surface area (Å²) in [5, 5.41) is 15.5. The lowest BCUT2D eigenvalue weighted by Crippen LogP contribution is -2.38. The molecule has 0 aromatic heterocycles. The van der Waals surface area contributed by atoms with E-state index in [1.54, 1.807) is 24.3 Å². The molecule has 1 amide bonds. The van der Waals surface area contributed by atoms with Gasteiger partial charge >= 0.3 is 0 Å². The highest BCUT2D eigenvalue weighted by Crippen LogP contribution is 2.27. The summed E-state index contributed by atoms with van der Waals surface area (Å²) in [5.41, 5.74) is 2.25. The van der Waals surface area contributed by atoms with Gasteiger partial charge in [-0.1, -0.05) is 24.3 Å². The predicted octanol–water partition coefficient (Wildman–Crippen LogP) is 2.25. The largest absolute Gasteiger partial charge is 0.508 e. The minimum Gasteiger partial charge on any atom is -0.508 e. The van der Waals surface area contributed by atoms with Crippen molar-refractivity contribution in [2.24, 2.45) is 0 Å². The van der Waals surface area contributed by atoms with Crippen LogP contribution >= 0.6 is 0 Å². The summed E-state index contributed by atoms with van der Waals surface area (Å²) in [6.07, 6.45) is -0.320. The third-order valence-corrected chi connectivity index (χ3v) is 2.95. The average Bonchev–Trinajstić information content (AvgIpc) is 2.39. The lowest BCUT2D eigenvalue weighted by atomic mass is 10.1. The van der Waals surface area contributed by atoms with Crippen molar-refractivity contribution < 1.29 is 9.90 Å². The number of para-hydroxylation sites is 1. The summed E-state index contributed by atoms with van der Waals surface area (Å²) in [6.45, 7) is 0. The number of benzene rings is 2. The average molecular weight is 240 g/mol. The molecule has 2 aromatic carbocycles. The molecule has 2 aromatic rings. The van der Waals surface area contributed by atoms with Gasteiger partial charge < -0.3 is 15.7 Å². The van der Waals surface area contributed by atoms with Crippen LogP contribution in [0.2, 0.25) is 0 Å². The maximum atomic E-state index is 11.9. The Labute approximate surface area is 104 Å². The quantitative estimate of drug-likeness (QED) is 0.716. The molecule has 3 N–H and O–H groups in total. The van der Waals surface area contributed by atoms with Crippen LogP contribution in [0.3, 0.4) is 0 Å². The van der Waals surface area contributed by atoms with Gasteiger partial charge in [-0.15, -0.1) is 0 Å². The Morgan fingerprint density at radius 1 is 1.00 bits per heavy atom. The number of carbonyl (C=O) groups is 1. The zero-order valence-corrected chi connectivity index (χ0v) is 9.55. The van der Waals surface area contributed by atoms with Crippen LogP contribution in [0.5, 0.6) is 5.75 Å². The normalized spacial score (nSPS) is 17.6. The van der Waals surface area contributed by atoms with Crippen LogP contribution in [-0.4, -0.2) is 11.0 Å². The van der Waals surface area contributed by atoms with E-state index in [0.717, 1.165) is 11.3 Å². The van der Waals surface area contributed by atoms with Crippen molar-refractivity contribution in [1.82, 2.24) is 5.32 Å². The summed E-state index contributed by atoms with van der Waals surface area (Å²) in [5.74, 6) is 0.0695. The molecule has 1 heterocycles. The second-order valence-electron chi connectivity index (χ2n) is 4.19. The zero-order valence-electron chi connectivity index (χ0n) is 9.55. The van der Waals surface area contributed by atoms with E-state index >= 15 is 0 Å². The van der Waals surface area contributed by atoms with Crippen LogP contribution < -0.4 is 10.6 Å². The molecule has 0 spiro atoms. The molecule has 0 saturated heterocycles. The minimum absolute atomic E-state index is 0.113. The van der Waals surface area contributed by atoms with Gasteiger partial charge in [0, 0.05) is 5.69 Å². The second kappa shape index (κ2) is 4.07. The van der Waals surface area contributed by atoms with Gasteiger partial charge in [0.05, 0.1) is 5.56 Å². The summed E-state index contributed by atoms with van der Waals surface area (Å²) in [6, 6.07) is 14.2. The molecule has 1 aliphatic heterocycles. The highest BCUT2D eigenvalue weighted by molar-refractivity contribution is 6.01. The Balaban J connectivity index is 1.97. The van der Waals surface area contributed by atoms with Crippen molar-refractivity contribution >= 4 is 11.6 Å². The molecular formula is C14H12N2O2. The number of anilines is 1. The monoisotopic (exact) mass is 240 g/mol. The highest BCUT2D eigenvalue weighted by atomic mass is 16.3. The first kappa shape index (κ1) is 10.7. The fourth-order valence-corrected chi connectivity index (χ4v) is 2.08. The highest BCUT2D eigenvalue weighted by Gasteiger charge is 2.23. The minimum atomic E-state index is -0.320. The fourth-order valence-electron chi connectivity index (χ4n) is 2.08. The molecule has 0 unspecified atom stereocenters. The van der Waals surface area contributed by atoms with Gasteiger partial charge in [0.25, 0.3) is 5.91 Å². The molecule has 4 heteroatoms. The van der Waals surface area contributed by atoms with E-state index in [-0.39, 0.29) is 17.8 Å². The zero-order chi connectivity index (χ0) is 12.5. The van der Waals surface area contributed by atoms with E-state index in [4.69, 9.17) is 0 Å². The van der Waals surface area contributed by atoms with Crippen LogP contribution in [0, 0.1) is 0 Å². The summed E-state index contributed by atoms with van der Waals surface area (Å²) in [4.78, 5) is 11.9. The van der Waals surface area contributed by atoms with Crippen molar-refractivity contribution in [3.63, 3.8) is 0 Å². The Kier molecular flexibility index (Phi) is 2.41. The van der Waals surface area contributed by atoms with Gasteiger partial charge in [0.1, 0.15) is 11.9 Å². The Bertz CT molecular complexity index is 610. The number of nitrogens with one attached hydrogen (secondary N) is 2. The van der Waals surface area contributed by atoms with Crippen molar-refractivity contribution in [1.29, 1.82) is 0 Å². The fraction of sp³-hybridized carbons (Fsp3) is 0.0714. The Morgan fingerprint density at radius 3 is 2.67 bits per heavy atom. The smallest absolute Gasteiger partial charge is 0.255 e. The number of rotatable bonds is 1.